The molecule has 0 unspecified atom stereocenters. The molecule has 0 aliphatic heterocycles. The number of benzene rings is 1. The number of halogens is 1. The largest absolute Gasteiger partial charge is 0.493 e. The second kappa shape index (κ2) is 6.36. The summed E-state index contributed by atoms with van der Waals surface area (Å²) in [7, 11) is 3.06. The molecule has 0 bridgehead atoms. The molecule has 1 aromatic heterocycles. The molecule has 112 valence electrons. The van der Waals surface area contributed by atoms with Crippen molar-refractivity contribution >= 4 is 44.5 Å². The van der Waals surface area contributed by atoms with Crippen LogP contribution in [0.25, 0.3) is 0 Å². The molecule has 0 atom stereocenters. The smallest absolute Gasteiger partial charge is 0.265 e. The van der Waals surface area contributed by atoms with Gasteiger partial charge in [0.1, 0.15) is 0 Å². The lowest BCUT2D eigenvalue weighted by molar-refractivity contribution is 0.103. The summed E-state index contributed by atoms with van der Waals surface area (Å²) in [5, 5.41) is 2.78. The highest BCUT2D eigenvalue weighted by molar-refractivity contribution is 9.11. The van der Waals surface area contributed by atoms with Gasteiger partial charge in [0.2, 0.25) is 0 Å². The Morgan fingerprint density at radius 1 is 1.24 bits per heavy atom. The van der Waals surface area contributed by atoms with Crippen molar-refractivity contribution in [2.75, 3.05) is 25.3 Å². The third-order valence-corrected chi connectivity index (χ3v) is 5.02. The summed E-state index contributed by atoms with van der Waals surface area (Å²) in [5.74, 6) is 0.806. The first kappa shape index (κ1) is 15.7. The number of ether oxygens (including phenoxy) is 2. The van der Waals surface area contributed by atoms with E-state index >= 15 is 0 Å². The van der Waals surface area contributed by atoms with Gasteiger partial charge in [-0.1, -0.05) is 0 Å². The number of hydrogen-bond donors (Lipinski definition) is 2. The average Bonchev–Trinajstić information content (AvgIpc) is 2.80. The quantitative estimate of drug-likeness (QED) is 0.805. The Kier molecular flexibility index (Phi) is 4.74. The van der Waals surface area contributed by atoms with Gasteiger partial charge in [-0.3, -0.25) is 4.79 Å². The van der Waals surface area contributed by atoms with E-state index in [4.69, 9.17) is 15.2 Å². The Labute approximate surface area is 135 Å². The second-order valence-electron chi connectivity index (χ2n) is 4.32. The lowest BCUT2D eigenvalue weighted by atomic mass is 10.2. The van der Waals surface area contributed by atoms with Crippen molar-refractivity contribution in [1.82, 2.24) is 0 Å². The van der Waals surface area contributed by atoms with Crippen molar-refractivity contribution in [1.29, 1.82) is 0 Å². The molecule has 3 N–H and O–H groups in total. The minimum atomic E-state index is -0.215. The SMILES string of the molecule is COc1cc(N)c(NC(=O)c2cc(C)c(Br)s2)cc1OC. The van der Waals surface area contributed by atoms with E-state index in [-0.39, 0.29) is 5.91 Å². The zero-order chi connectivity index (χ0) is 15.6. The molecule has 2 rings (SSSR count). The molecule has 21 heavy (non-hydrogen) atoms. The van der Waals surface area contributed by atoms with Gasteiger partial charge in [-0.05, 0) is 34.5 Å². The van der Waals surface area contributed by atoms with E-state index in [2.05, 4.69) is 21.2 Å². The Bertz CT molecular complexity index is 666. The minimum absolute atomic E-state index is 0.215. The predicted octanol–water partition coefficient (Wildman–Crippen LogP) is 3.67. The number of carbonyl (C=O) groups is 1. The number of rotatable bonds is 4. The molecule has 1 amide bonds. The number of nitrogens with two attached hydrogens (primary N) is 1. The zero-order valence-electron chi connectivity index (χ0n) is 11.8. The number of amides is 1. The Hall–Kier alpha value is -1.73. The maximum Gasteiger partial charge on any atom is 0.265 e. The molecule has 0 aliphatic rings. The molecule has 0 radical (unpaired) electrons. The number of carbonyl (C=O) groups excluding carboxylic acids is 1. The third-order valence-electron chi connectivity index (χ3n) is 2.88. The van der Waals surface area contributed by atoms with E-state index < -0.39 is 0 Å². The fourth-order valence-corrected chi connectivity index (χ4v) is 3.19. The molecule has 0 spiro atoms. The molecule has 1 heterocycles. The summed E-state index contributed by atoms with van der Waals surface area (Å²) in [4.78, 5) is 12.8. The van der Waals surface area contributed by atoms with Gasteiger partial charge in [0.25, 0.3) is 5.91 Å². The normalized spacial score (nSPS) is 10.3. The molecular formula is C14H15BrN2O3S. The number of thiophene rings is 1. The third kappa shape index (κ3) is 3.30. The molecule has 0 aliphatic carbocycles. The first-order valence-electron chi connectivity index (χ1n) is 6.05. The molecular weight excluding hydrogens is 356 g/mol. The van der Waals surface area contributed by atoms with Crippen LogP contribution in [0.1, 0.15) is 15.2 Å². The zero-order valence-corrected chi connectivity index (χ0v) is 14.2. The van der Waals surface area contributed by atoms with Crippen molar-refractivity contribution in [3.63, 3.8) is 0 Å². The summed E-state index contributed by atoms with van der Waals surface area (Å²) < 4.78 is 11.3. The van der Waals surface area contributed by atoms with Crippen LogP contribution in [0.3, 0.4) is 0 Å². The number of aryl methyl sites for hydroxylation is 1. The number of hydrogen-bond acceptors (Lipinski definition) is 5. The van der Waals surface area contributed by atoms with E-state index in [0.717, 1.165) is 9.35 Å². The molecule has 1 aromatic carbocycles. The monoisotopic (exact) mass is 370 g/mol. The first-order valence-corrected chi connectivity index (χ1v) is 7.66. The van der Waals surface area contributed by atoms with E-state index in [1.807, 2.05) is 13.0 Å². The topological polar surface area (TPSA) is 73.6 Å². The van der Waals surface area contributed by atoms with Crippen LogP contribution in [0.2, 0.25) is 0 Å². The van der Waals surface area contributed by atoms with Crippen molar-refractivity contribution in [3.05, 3.63) is 32.4 Å². The summed E-state index contributed by atoms with van der Waals surface area (Å²) in [6.07, 6.45) is 0. The number of anilines is 2. The Balaban J connectivity index is 2.28. The first-order chi connectivity index (χ1) is 9.96. The molecule has 2 aromatic rings. The number of methoxy groups -OCH3 is 2. The van der Waals surface area contributed by atoms with Crippen LogP contribution in [-0.4, -0.2) is 20.1 Å². The van der Waals surface area contributed by atoms with Gasteiger partial charge in [0.05, 0.1) is 34.3 Å². The number of nitrogens with one attached hydrogen (secondary N) is 1. The van der Waals surface area contributed by atoms with Gasteiger partial charge in [0, 0.05) is 12.1 Å². The van der Waals surface area contributed by atoms with Crippen LogP contribution in [0.4, 0.5) is 11.4 Å². The average molecular weight is 371 g/mol. The van der Waals surface area contributed by atoms with Crippen LogP contribution >= 0.6 is 27.3 Å². The maximum absolute atomic E-state index is 12.2. The van der Waals surface area contributed by atoms with E-state index in [0.29, 0.717) is 27.8 Å². The highest BCUT2D eigenvalue weighted by atomic mass is 79.9. The van der Waals surface area contributed by atoms with E-state index in [9.17, 15) is 4.79 Å². The summed E-state index contributed by atoms with van der Waals surface area (Å²) in [6.45, 7) is 1.93. The van der Waals surface area contributed by atoms with Crippen LogP contribution in [-0.2, 0) is 0 Å². The molecule has 5 nitrogen and oxygen atoms in total. The fourth-order valence-electron chi connectivity index (χ4n) is 1.76. The van der Waals surface area contributed by atoms with E-state index in [1.54, 1.807) is 12.1 Å². The van der Waals surface area contributed by atoms with Crippen LogP contribution < -0.4 is 20.5 Å². The number of nitrogen functional groups attached to an aromatic ring is 1. The van der Waals surface area contributed by atoms with Crippen molar-refractivity contribution in [2.45, 2.75) is 6.92 Å². The maximum atomic E-state index is 12.2. The molecule has 0 saturated heterocycles. The highest BCUT2D eigenvalue weighted by Gasteiger charge is 2.15. The van der Waals surface area contributed by atoms with Gasteiger partial charge in [-0.25, -0.2) is 0 Å². The van der Waals surface area contributed by atoms with Crippen molar-refractivity contribution < 1.29 is 14.3 Å². The lowest BCUT2D eigenvalue weighted by Gasteiger charge is -2.13. The van der Waals surface area contributed by atoms with Crippen molar-refractivity contribution in [2.24, 2.45) is 0 Å². The van der Waals surface area contributed by atoms with Crippen LogP contribution in [0.5, 0.6) is 11.5 Å². The van der Waals surface area contributed by atoms with Crippen molar-refractivity contribution in [3.8, 4) is 11.5 Å². The Morgan fingerprint density at radius 2 is 1.86 bits per heavy atom. The summed E-state index contributed by atoms with van der Waals surface area (Å²) in [6, 6.07) is 5.08. The van der Waals surface area contributed by atoms with Gasteiger partial charge in [-0.15, -0.1) is 11.3 Å². The fraction of sp³-hybridized carbons (Fsp3) is 0.214. The second-order valence-corrected chi connectivity index (χ2v) is 6.69. The van der Waals surface area contributed by atoms with Gasteiger partial charge in [-0.2, -0.15) is 0 Å². The molecule has 0 saturated carbocycles. The highest BCUT2D eigenvalue weighted by Crippen LogP contribution is 2.35. The minimum Gasteiger partial charge on any atom is -0.493 e. The Morgan fingerprint density at radius 3 is 2.38 bits per heavy atom. The van der Waals surface area contributed by atoms with Gasteiger partial charge < -0.3 is 20.5 Å². The van der Waals surface area contributed by atoms with Crippen LogP contribution in [0, 0.1) is 6.92 Å². The van der Waals surface area contributed by atoms with E-state index in [1.165, 1.54) is 25.6 Å². The summed E-state index contributed by atoms with van der Waals surface area (Å²) >= 11 is 4.78. The predicted molar refractivity (Wildman–Crippen MR) is 88.7 cm³/mol. The summed E-state index contributed by atoms with van der Waals surface area (Å²) in [5.41, 5.74) is 7.84. The van der Waals surface area contributed by atoms with Gasteiger partial charge in [0.15, 0.2) is 11.5 Å². The van der Waals surface area contributed by atoms with Gasteiger partial charge >= 0.3 is 0 Å². The lowest BCUT2D eigenvalue weighted by Crippen LogP contribution is -2.12. The molecule has 7 heteroatoms. The van der Waals surface area contributed by atoms with Crippen LogP contribution in [0.15, 0.2) is 22.0 Å². The molecule has 0 fully saturated rings. The standard InChI is InChI=1S/C14H15BrN2O3S/c1-7-4-12(21-13(7)15)14(18)17-9-6-11(20-3)10(19-2)5-8(9)16/h4-6H,16H2,1-3H3,(H,17,18).